The Kier molecular flexibility index (Phi) is 7.41. The minimum absolute atomic E-state index is 0.0617. The molecule has 2 rings (SSSR count). The molecule has 0 spiro atoms. The van der Waals surface area contributed by atoms with E-state index in [4.69, 9.17) is 16.3 Å². The van der Waals surface area contributed by atoms with E-state index in [2.05, 4.69) is 10.0 Å². The van der Waals surface area contributed by atoms with Crippen molar-refractivity contribution in [3.8, 4) is 0 Å². The molecule has 1 atom stereocenters. The number of amides is 3. The van der Waals surface area contributed by atoms with Gasteiger partial charge in [0.05, 0.1) is 15.5 Å². The highest BCUT2D eigenvalue weighted by molar-refractivity contribution is 7.92. The summed E-state index contributed by atoms with van der Waals surface area (Å²) in [4.78, 5) is 35.2. The monoisotopic (exact) mass is 453 g/mol. The van der Waals surface area contributed by atoms with E-state index in [1.807, 2.05) is 18.3 Å². The molecule has 0 aliphatic heterocycles. The molecule has 0 aromatic heterocycles. The molecule has 30 heavy (non-hydrogen) atoms. The number of nitrogens with one attached hydrogen (secondary N) is 3. The second-order valence-electron chi connectivity index (χ2n) is 6.23. The summed E-state index contributed by atoms with van der Waals surface area (Å²) in [6, 6.07) is 9.50. The Bertz CT molecular complexity index is 1090. The van der Waals surface area contributed by atoms with E-state index in [0.29, 0.717) is 5.69 Å². The van der Waals surface area contributed by atoms with Crippen LogP contribution in [0.25, 0.3) is 0 Å². The highest BCUT2D eigenvalue weighted by atomic mass is 35.5. The first-order chi connectivity index (χ1) is 14.0. The van der Waals surface area contributed by atoms with Crippen LogP contribution in [0.2, 0.25) is 5.02 Å². The van der Waals surface area contributed by atoms with E-state index in [1.54, 1.807) is 18.2 Å². The van der Waals surface area contributed by atoms with E-state index in [1.165, 1.54) is 26.1 Å². The van der Waals surface area contributed by atoms with Gasteiger partial charge in [-0.2, -0.15) is 0 Å². The fraction of sp³-hybridized carbons (Fsp3) is 0.211. The number of aryl methyl sites for hydroxylation is 1. The predicted molar refractivity (Wildman–Crippen MR) is 111 cm³/mol. The van der Waals surface area contributed by atoms with Gasteiger partial charge in [0.25, 0.3) is 15.9 Å². The number of carbonyl (C=O) groups is 3. The van der Waals surface area contributed by atoms with Crippen LogP contribution < -0.4 is 15.4 Å². The van der Waals surface area contributed by atoms with E-state index >= 15 is 0 Å². The molecule has 2 aromatic rings. The van der Waals surface area contributed by atoms with Crippen LogP contribution in [0.3, 0.4) is 0 Å². The fourth-order valence-electron chi connectivity index (χ4n) is 2.30. The third kappa shape index (κ3) is 5.94. The molecule has 3 amide bonds. The van der Waals surface area contributed by atoms with Crippen molar-refractivity contribution in [3.63, 3.8) is 0 Å². The fourth-order valence-corrected chi connectivity index (χ4v) is 3.57. The van der Waals surface area contributed by atoms with Crippen molar-refractivity contribution < 1.29 is 27.5 Å². The number of hydrogen-bond acceptors (Lipinski definition) is 6. The van der Waals surface area contributed by atoms with Crippen LogP contribution in [-0.2, 0) is 19.6 Å². The molecule has 2 aromatic carbocycles. The molecule has 3 N–H and O–H groups in total. The molecule has 9 nitrogen and oxygen atoms in total. The Morgan fingerprint density at radius 2 is 1.80 bits per heavy atom. The number of ether oxygens (including phenoxy) is 1. The number of esters is 1. The quantitative estimate of drug-likeness (QED) is 0.576. The van der Waals surface area contributed by atoms with Crippen LogP contribution >= 0.6 is 11.6 Å². The molecule has 0 heterocycles. The van der Waals surface area contributed by atoms with E-state index in [9.17, 15) is 22.8 Å². The molecule has 0 aliphatic rings. The van der Waals surface area contributed by atoms with Gasteiger partial charge in [-0.25, -0.2) is 18.0 Å². The van der Waals surface area contributed by atoms with Gasteiger partial charge >= 0.3 is 12.0 Å². The lowest BCUT2D eigenvalue weighted by atomic mass is 10.2. The second kappa shape index (κ2) is 9.59. The van der Waals surface area contributed by atoms with Gasteiger partial charge in [-0.1, -0.05) is 23.7 Å². The van der Waals surface area contributed by atoms with Crippen LogP contribution in [0.15, 0.2) is 47.4 Å². The normalized spacial score (nSPS) is 11.9. The number of urea groups is 1. The number of carbonyl (C=O) groups excluding carboxylic acids is 3. The van der Waals surface area contributed by atoms with Gasteiger partial charge < -0.3 is 10.1 Å². The summed E-state index contributed by atoms with van der Waals surface area (Å²) in [7, 11) is -2.70. The van der Waals surface area contributed by atoms with Crippen molar-refractivity contribution in [2.75, 3.05) is 11.8 Å². The molecular weight excluding hydrogens is 434 g/mol. The van der Waals surface area contributed by atoms with Crippen LogP contribution in [-0.4, -0.2) is 39.5 Å². The van der Waals surface area contributed by atoms with Gasteiger partial charge in [0.2, 0.25) is 0 Å². The number of anilines is 1. The molecule has 0 saturated heterocycles. The first-order valence-electron chi connectivity index (χ1n) is 8.66. The van der Waals surface area contributed by atoms with Gasteiger partial charge in [0.1, 0.15) is 0 Å². The molecule has 0 radical (unpaired) electrons. The summed E-state index contributed by atoms with van der Waals surface area (Å²) >= 11 is 6.01. The highest BCUT2D eigenvalue weighted by Crippen LogP contribution is 2.24. The molecular formula is C19H20ClN3O6S. The number of imide groups is 1. The predicted octanol–water partition coefficient (Wildman–Crippen LogP) is 2.45. The minimum Gasteiger partial charge on any atom is -0.449 e. The lowest BCUT2D eigenvalue weighted by Crippen LogP contribution is -2.43. The Balaban J connectivity index is 2.22. The number of hydrogen-bond donors (Lipinski definition) is 3. The van der Waals surface area contributed by atoms with E-state index in [0.717, 1.165) is 11.6 Å². The average molecular weight is 454 g/mol. The first kappa shape index (κ1) is 23.2. The standard InChI is InChI=1S/C19H20ClN3O6S/c1-11-5-4-6-13(9-11)23-30(27,28)14-7-8-16(20)15(10-14)18(25)29-12(2)17(24)22-19(26)21-3/h4-10,12,23H,1-3H3,(H2,21,22,24,26). The summed E-state index contributed by atoms with van der Waals surface area (Å²) in [5.74, 6) is -1.88. The zero-order valence-corrected chi connectivity index (χ0v) is 17.9. The Hall–Kier alpha value is -3.11. The highest BCUT2D eigenvalue weighted by Gasteiger charge is 2.24. The smallest absolute Gasteiger partial charge is 0.340 e. The summed E-state index contributed by atoms with van der Waals surface area (Å²) < 4.78 is 32.7. The van der Waals surface area contributed by atoms with Crippen molar-refractivity contribution in [2.45, 2.75) is 24.8 Å². The third-order valence-electron chi connectivity index (χ3n) is 3.86. The lowest BCUT2D eigenvalue weighted by Gasteiger charge is -2.14. The van der Waals surface area contributed by atoms with Crippen LogP contribution in [0.4, 0.5) is 10.5 Å². The van der Waals surface area contributed by atoms with Crippen molar-refractivity contribution >= 4 is 45.2 Å². The molecule has 11 heteroatoms. The zero-order chi connectivity index (χ0) is 22.5. The summed E-state index contributed by atoms with van der Waals surface area (Å²) in [5.41, 5.74) is 0.969. The van der Waals surface area contributed by atoms with Crippen molar-refractivity contribution in [3.05, 3.63) is 58.6 Å². The van der Waals surface area contributed by atoms with Gasteiger partial charge in [-0.3, -0.25) is 14.8 Å². The largest absolute Gasteiger partial charge is 0.449 e. The minimum atomic E-state index is -4.02. The summed E-state index contributed by atoms with van der Waals surface area (Å²) in [5, 5.41) is 4.09. The zero-order valence-electron chi connectivity index (χ0n) is 16.4. The Morgan fingerprint density at radius 3 is 2.43 bits per heavy atom. The van der Waals surface area contributed by atoms with E-state index < -0.39 is 34.0 Å². The van der Waals surface area contributed by atoms with Crippen molar-refractivity contribution in [1.29, 1.82) is 0 Å². The number of halogens is 1. The van der Waals surface area contributed by atoms with Crippen molar-refractivity contribution in [2.24, 2.45) is 0 Å². The van der Waals surface area contributed by atoms with Gasteiger partial charge in [-0.15, -0.1) is 0 Å². The Labute approximate surface area is 178 Å². The lowest BCUT2D eigenvalue weighted by molar-refractivity contribution is -0.127. The second-order valence-corrected chi connectivity index (χ2v) is 8.32. The van der Waals surface area contributed by atoms with Crippen molar-refractivity contribution in [1.82, 2.24) is 10.6 Å². The molecule has 0 saturated carbocycles. The van der Waals surface area contributed by atoms with Gasteiger partial charge in [-0.05, 0) is 49.7 Å². The summed E-state index contributed by atoms with van der Waals surface area (Å²) in [6.07, 6.45) is -1.32. The molecule has 0 fully saturated rings. The molecule has 1 unspecified atom stereocenters. The maximum absolute atomic E-state index is 12.7. The first-order valence-corrected chi connectivity index (χ1v) is 10.5. The Morgan fingerprint density at radius 1 is 1.10 bits per heavy atom. The topological polar surface area (TPSA) is 131 Å². The molecule has 0 aliphatic carbocycles. The maximum atomic E-state index is 12.7. The number of benzene rings is 2. The average Bonchev–Trinajstić information content (AvgIpc) is 2.67. The van der Waals surface area contributed by atoms with Crippen LogP contribution in [0.1, 0.15) is 22.8 Å². The molecule has 160 valence electrons. The van der Waals surface area contributed by atoms with Gasteiger partial charge in [0, 0.05) is 12.7 Å². The molecule has 0 bridgehead atoms. The van der Waals surface area contributed by atoms with Gasteiger partial charge in [0.15, 0.2) is 6.10 Å². The van der Waals surface area contributed by atoms with Crippen LogP contribution in [0.5, 0.6) is 0 Å². The maximum Gasteiger partial charge on any atom is 0.340 e. The number of rotatable bonds is 6. The van der Waals surface area contributed by atoms with E-state index in [-0.39, 0.29) is 15.5 Å². The summed E-state index contributed by atoms with van der Waals surface area (Å²) in [6.45, 7) is 3.07. The third-order valence-corrected chi connectivity index (χ3v) is 5.56. The van der Waals surface area contributed by atoms with Crippen LogP contribution in [0, 0.1) is 6.92 Å². The number of sulfonamides is 1. The SMILES string of the molecule is CNC(=O)NC(=O)C(C)OC(=O)c1cc(S(=O)(=O)Nc2cccc(C)c2)ccc1Cl.